The molecule has 0 amide bonds. The van der Waals surface area contributed by atoms with Gasteiger partial charge < -0.3 is 4.74 Å². The molecular weight excluding hydrogens is 326 g/mol. The first-order chi connectivity index (χ1) is 11.4. The Balaban J connectivity index is 2.13. The van der Waals surface area contributed by atoms with E-state index in [1.807, 2.05) is 6.92 Å². The van der Waals surface area contributed by atoms with Crippen molar-refractivity contribution in [1.82, 2.24) is 10.2 Å². The largest absolute Gasteiger partial charge is 0.492 e. The van der Waals surface area contributed by atoms with E-state index < -0.39 is 9.84 Å². The monoisotopic (exact) mass is 341 g/mol. The van der Waals surface area contributed by atoms with Crippen LogP contribution >= 0.6 is 0 Å². The summed E-state index contributed by atoms with van der Waals surface area (Å²) < 4.78 is 28.6. The van der Waals surface area contributed by atoms with Gasteiger partial charge >= 0.3 is 0 Å². The lowest BCUT2D eigenvalue weighted by molar-refractivity contribution is 0.340. The topological polar surface area (TPSA) is 95.8 Å². The van der Waals surface area contributed by atoms with E-state index in [9.17, 15) is 13.7 Å². The summed E-state index contributed by atoms with van der Waals surface area (Å²) in [6.07, 6.45) is 1.17. The van der Waals surface area contributed by atoms with E-state index in [2.05, 4.69) is 16.3 Å². The third-order valence-electron chi connectivity index (χ3n) is 3.64. The van der Waals surface area contributed by atoms with E-state index in [0.717, 1.165) is 16.5 Å². The summed E-state index contributed by atoms with van der Waals surface area (Å²) in [5.74, 6) is 0.503. The lowest BCUT2D eigenvalue weighted by atomic mass is 10.1. The molecule has 0 atom stereocenters. The Morgan fingerprint density at radius 2 is 1.96 bits per heavy atom. The van der Waals surface area contributed by atoms with Crippen LogP contribution in [0.1, 0.15) is 12.5 Å². The van der Waals surface area contributed by atoms with E-state index in [1.54, 1.807) is 36.4 Å². The molecule has 6 nitrogen and oxygen atoms in total. The zero-order chi connectivity index (χ0) is 17.3. The Labute approximate surface area is 139 Å². The predicted molar refractivity (Wildman–Crippen MR) is 90.5 cm³/mol. The number of aromatic nitrogens is 2. The number of aromatic amines is 1. The first kappa shape index (κ1) is 16.0. The van der Waals surface area contributed by atoms with Gasteiger partial charge in [0, 0.05) is 17.2 Å². The smallest absolute Gasteiger partial charge is 0.175 e. The summed E-state index contributed by atoms with van der Waals surface area (Å²) in [4.78, 5) is 0.257. The third-order valence-corrected chi connectivity index (χ3v) is 4.77. The highest BCUT2D eigenvalue weighted by atomic mass is 32.2. The minimum atomic E-state index is -3.24. The zero-order valence-corrected chi connectivity index (χ0v) is 14.0. The van der Waals surface area contributed by atoms with Crippen LogP contribution in [0, 0.1) is 11.3 Å². The van der Waals surface area contributed by atoms with Crippen molar-refractivity contribution < 1.29 is 13.2 Å². The van der Waals surface area contributed by atoms with Crippen molar-refractivity contribution in [2.45, 2.75) is 11.8 Å². The first-order valence-electron chi connectivity index (χ1n) is 7.29. The molecule has 7 heteroatoms. The van der Waals surface area contributed by atoms with Crippen molar-refractivity contribution in [1.29, 1.82) is 5.26 Å². The van der Waals surface area contributed by atoms with E-state index >= 15 is 0 Å². The second-order valence-corrected chi connectivity index (χ2v) is 7.32. The van der Waals surface area contributed by atoms with Crippen LogP contribution in [0.25, 0.3) is 22.2 Å². The zero-order valence-electron chi connectivity index (χ0n) is 13.2. The second kappa shape index (κ2) is 5.98. The fourth-order valence-electron chi connectivity index (χ4n) is 2.49. The van der Waals surface area contributed by atoms with Gasteiger partial charge in [-0.3, -0.25) is 5.10 Å². The number of fused-ring (bicyclic) bond motifs is 1. The van der Waals surface area contributed by atoms with E-state index in [1.165, 1.54) is 6.26 Å². The minimum Gasteiger partial charge on any atom is -0.492 e. The maximum absolute atomic E-state index is 11.6. The lowest BCUT2D eigenvalue weighted by Crippen LogP contribution is -1.96. The van der Waals surface area contributed by atoms with E-state index in [4.69, 9.17) is 4.74 Å². The van der Waals surface area contributed by atoms with E-state index in [-0.39, 0.29) is 4.90 Å². The van der Waals surface area contributed by atoms with Crippen molar-refractivity contribution in [3.8, 4) is 23.1 Å². The fourth-order valence-corrected chi connectivity index (χ4v) is 3.12. The van der Waals surface area contributed by atoms with Crippen LogP contribution in [0.15, 0.2) is 41.3 Å². The molecule has 3 aromatic rings. The molecule has 0 fully saturated rings. The van der Waals surface area contributed by atoms with Crippen LogP contribution in [0.3, 0.4) is 0 Å². The molecule has 0 bridgehead atoms. The SMILES string of the molecule is CCOc1cc2c(-c3ccc(S(C)(=O)=O)cc3)n[nH]c2cc1C#N. The average molecular weight is 341 g/mol. The van der Waals surface area contributed by atoms with Gasteiger partial charge in [0.15, 0.2) is 9.84 Å². The number of hydrogen-bond acceptors (Lipinski definition) is 5. The van der Waals surface area contributed by atoms with Gasteiger partial charge in [-0.1, -0.05) is 12.1 Å². The Morgan fingerprint density at radius 3 is 2.54 bits per heavy atom. The van der Waals surface area contributed by atoms with Gasteiger partial charge in [-0.15, -0.1) is 0 Å². The summed E-state index contributed by atoms with van der Waals surface area (Å²) in [6, 6.07) is 12.1. The van der Waals surface area contributed by atoms with Crippen molar-refractivity contribution in [3.05, 3.63) is 42.0 Å². The minimum absolute atomic E-state index is 0.257. The standard InChI is InChI=1S/C17H15N3O3S/c1-3-23-16-9-14-15(8-12(16)10-18)19-20-17(14)11-4-6-13(7-5-11)24(2,21)22/h4-9H,3H2,1-2H3,(H,19,20). The molecular formula is C17H15N3O3S. The van der Waals surface area contributed by atoms with Gasteiger partial charge in [-0.05, 0) is 31.2 Å². The summed E-state index contributed by atoms with van der Waals surface area (Å²) in [6.45, 7) is 2.31. The molecule has 0 aliphatic heterocycles. The number of rotatable bonds is 4. The number of nitrogens with zero attached hydrogens (tertiary/aromatic N) is 2. The van der Waals surface area contributed by atoms with Crippen LogP contribution < -0.4 is 4.74 Å². The molecule has 1 heterocycles. The summed E-state index contributed by atoms with van der Waals surface area (Å²) >= 11 is 0. The Morgan fingerprint density at radius 1 is 1.25 bits per heavy atom. The first-order valence-corrected chi connectivity index (χ1v) is 9.18. The predicted octanol–water partition coefficient (Wildman–Crippen LogP) is 2.90. The number of nitriles is 1. The molecule has 0 aliphatic rings. The Hall–Kier alpha value is -2.85. The molecule has 0 radical (unpaired) electrons. The average Bonchev–Trinajstić information content (AvgIpc) is 2.96. The number of sulfone groups is 1. The van der Waals surface area contributed by atoms with E-state index in [0.29, 0.717) is 23.6 Å². The number of H-pyrrole nitrogens is 1. The summed E-state index contributed by atoms with van der Waals surface area (Å²) in [5.41, 5.74) is 2.61. The highest BCUT2D eigenvalue weighted by Crippen LogP contribution is 2.32. The van der Waals surface area contributed by atoms with Gasteiger partial charge in [0.05, 0.1) is 22.6 Å². The molecule has 24 heavy (non-hydrogen) atoms. The third kappa shape index (κ3) is 2.84. The number of benzene rings is 2. The molecule has 122 valence electrons. The Bertz CT molecular complexity index is 1050. The van der Waals surface area contributed by atoms with Gasteiger partial charge in [0.2, 0.25) is 0 Å². The van der Waals surface area contributed by atoms with Crippen LogP contribution in [-0.2, 0) is 9.84 Å². The van der Waals surface area contributed by atoms with Crippen molar-refractivity contribution >= 4 is 20.7 Å². The highest BCUT2D eigenvalue weighted by molar-refractivity contribution is 7.90. The normalized spacial score (nSPS) is 11.4. The highest BCUT2D eigenvalue weighted by Gasteiger charge is 2.14. The maximum Gasteiger partial charge on any atom is 0.175 e. The van der Waals surface area contributed by atoms with Crippen molar-refractivity contribution in [2.24, 2.45) is 0 Å². The number of ether oxygens (including phenoxy) is 1. The fraction of sp³-hybridized carbons (Fsp3) is 0.176. The van der Waals surface area contributed by atoms with Crippen LogP contribution in [0.5, 0.6) is 5.75 Å². The molecule has 0 saturated heterocycles. The second-order valence-electron chi connectivity index (χ2n) is 5.31. The van der Waals surface area contributed by atoms with Crippen LogP contribution in [-0.4, -0.2) is 31.5 Å². The molecule has 1 aromatic heterocycles. The molecule has 0 saturated carbocycles. The molecule has 0 aliphatic carbocycles. The number of hydrogen-bond donors (Lipinski definition) is 1. The quantitative estimate of drug-likeness (QED) is 0.787. The summed E-state index contributed by atoms with van der Waals surface area (Å²) in [7, 11) is -3.24. The molecule has 3 rings (SSSR count). The van der Waals surface area contributed by atoms with Gasteiger partial charge in [-0.2, -0.15) is 10.4 Å². The van der Waals surface area contributed by atoms with Crippen molar-refractivity contribution in [2.75, 3.05) is 12.9 Å². The van der Waals surface area contributed by atoms with Gasteiger partial charge in [-0.25, -0.2) is 8.42 Å². The molecule has 0 spiro atoms. The van der Waals surface area contributed by atoms with Crippen LogP contribution in [0.4, 0.5) is 0 Å². The van der Waals surface area contributed by atoms with Crippen LogP contribution in [0.2, 0.25) is 0 Å². The van der Waals surface area contributed by atoms with Gasteiger partial charge in [0.25, 0.3) is 0 Å². The summed E-state index contributed by atoms with van der Waals surface area (Å²) in [5, 5.41) is 17.2. The molecule has 2 aromatic carbocycles. The molecule has 1 N–H and O–H groups in total. The van der Waals surface area contributed by atoms with Gasteiger partial charge in [0.1, 0.15) is 17.5 Å². The maximum atomic E-state index is 11.6. The van der Waals surface area contributed by atoms with Crippen molar-refractivity contribution in [3.63, 3.8) is 0 Å². The lowest BCUT2D eigenvalue weighted by Gasteiger charge is -2.06. The number of nitrogens with one attached hydrogen (secondary N) is 1. The Kier molecular flexibility index (Phi) is 3.99. The molecule has 0 unspecified atom stereocenters.